The highest BCUT2D eigenvalue weighted by atomic mass is 32.2. The van der Waals surface area contributed by atoms with Crippen LogP contribution in [-0.4, -0.2) is 10.9 Å². The van der Waals surface area contributed by atoms with Crippen molar-refractivity contribution in [2.45, 2.75) is 29.7 Å². The average Bonchev–Trinajstić information content (AvgIpc) is 3.01. The predicted octanol–water partition coefficient (Wildman–Crippen LogP) is 5.90. The van der Waals surface area contributed by atoms with Crippen LogP contribution in [0.2, 0.25) is 0 Å². The SMILES string of the molecule is Cc1c(Cc2ccc(C#N)cc2Sc2ccccc2)c2cc(F)ccc2n1CC=O. The number of hydrogen-bond acceptors (Lipinski definition) is 3. The first-order valence-corrected chi connectivity index (χ1v) is 10.4. The number of nitrogens with zero attached hydrogens (tertiary/aromatic N) is 2. The molecule has 3 nitrogen and oxygen atoms in total. The fourth-order valence-electron chi connectivity index (χ4n) is 3.73. The fourth-order valence-corrected chi connectivity index (χ4v) is 4.73. The van der Waals surface area contributed by atoms with Crippen molar-refractivity contribution in [1.82, 2.24) is 4.57 Å². The van der Waals surface area contributed by atoms with E-state index >= 15 is 0 Å². The molecule has 0 aliphatic heterocycles. The first kappa shape index (κ1) is 19.9. The van der Waals surface area contributed by atoms with Gasteiger partial charge in [0.2, 0.25) is 0 Å². The Morgan fingerprint density at radius 2 is 1.90 bits per heavy atom. The van der Waals surface area contributed by atoms with Crippen molar-refractivity contribution in [2.75, 3.05) is 0 Å². The Labute approximate surface area is 178 Å². The van der Waals surface area contributed by atoms with Gasteiger partial charge in [-0.1, -0.05) is 36.0 Å². The lowest BCUT2D eigenvalue weighted by Crippen LogP contribution is -2.02. The molecule has 1 aromatic heterocycles. The van der Waals surface area contributed by atoms with E-state index in [1.165, 1.54) is 12.1 Å². The van der Waals surface area contributed by atoms with E-state index in [1.807, 2.05) is 60.0 Å². The lowest BCUT2D eigenvalue weighted by atomic mass is 10.0. The molecule has 0 aliphatic rings. The minimum atomic E-state index is -0.300. The van der Waals surface area contributed by atoms with E-state index in [4.69, 9.17) is 0 Å². The standard InChI is InChI=1S/C25H19FN2OS/c1-17-22(23-15-20(26)9-10-24(23)28(17)11-12-29)14-19-8-7-18(16-27)13-25(19)30-21-5-3-2-4-6-21/h2-10,12-13,15H,11,14H2,1H3. The Morgan fingerprint density at radius 1 is 1.10 bits per heavy atom. The number of aldehydes is 1. The quantitative estimate of drug-likeness (QED) is 0.369. The molecule has 0 saturated heterocycles. The number of carbonyl (C=O) groups excluding carboxylic acids is 1. The van der Waals surface area contributed by atoms with Crippen LogP contribution in [0.4, 0.5) is 4.39 Å². The summed E-state index contributed by atoms with van der Waals surface area (Å²) in [6.45, 7) is 2.19. The lowest BCUT2D eigenvalue weighted by molar-refractivity contribution is -0.108. The van der Waals surface area contributed by atoms with Crippen molar-refractivity contribution in [1.29, 1.82) is 5.26 Å². The third kappa shape index (κ3) is 3.87. The Kier molecular flexibility index (Phi) is 5.69. The maximum atomic E-state index is 14.0. The van der Waals surface area contributed by atoms with Crippen LogP contribution in [0.25, 0.3) is 10.9 Å². The molecule has 0 fully saturated rings. The van der Waals surface area contributed by atoms with Crippen LogP contribution >= 0.6 is 11.8 Å². The van der Waals surface area contributed by atoms with E-state index in [-0.39, 0.29) is 12.4 Å². The number of halogens is 1. The van der Waals surface area contributed by atoms with E-state index in [2.05, 4.69) is 6.07 Å². The molecule has 5 heteroatoms. The van der Waals surface area contributed by atoms with Gasteiger partial charge in [-0.3, -0.25) is 0 Å². The molecule has 0 radical (unpaired) electrons. The number of rotatable bonds is 6. The van der Waals surface area contributed by atoms with Crippen molar-refractivity contribution >= 4 is 29.0 Å². The second kappa shape index (κ2) is 8.56. The topological polar surface area (TPSA) is 45.8 Å². The zero-order chi connectivity index (χ0) is 21.1. The monoisotopic (exact) mass is 414 g/mol. The maximum Gasteiger partial charge on any atom is 0.139 e. The molecule has 0 aliphatic carbocycles. The molecule has 1 heterocycles. The largest absolute Gasteiger partial charge is 0.337 e. The number of aromatic nitrogens is 1. The minimum Gasteiger partial charge on any atom is -0.337 e. The predicted molar refractivity (Wildman–Crippen MR) is 117 cm³/mol. The van der Waals surface area contributed by atoms with Gasteiger partial charge in [-0.05, 0) is 60.5 Å². The van der Waals surface area contributed by atoms with Crippen LogP contribution in [-0.2, 0) is 17.8 Å². The maximum absolute atomic E-state index is 14.0. The average molecular weight is 415 g/mol. The van der Waals surface area contributed by atoms with Gasteiger partial charge in [0.05, 0.1) is 18.2 Å². The highest BCUT2D eigenvalue weighted by Crippen LogP contribution is 2.35. The molecule has 4 rings (SSSR count). The van der Waals surface area contributed by atoms with Gasteiger partial charge in [-0.25, -0.2) is 4.39 Å². The molecule has 0 saturated carbocycles. The van der Waals surface area contributed by atoms with Crippen LogP contribution in [0, 0.1) is 24.1 Å². The Morgan fingerprint density at radius 3 is 2.63 bits per heavy atom. The van der Waals surface area contributed by atoms with Crippen LogP contribution in [0.1, 0.15) is 22.4 Å². The summed E-state index contributed by atoms with van der Waals surface area (Å²) in [5.41, 5.74) is 4.44. The molecular weight excluding hydrogens is 395 g/mol. The van der Waals surface area contributed by atoms with Gasteiger partial charge >= 0.3 is 0 Å². The first-order chi connectivity index (χ1) is 14.6. The van der Waals surface area contributed by atoms with Gasteiger partial charge in [-0.15, -0.1) is 0 Å². The third-order valence-electron chi connectivity index (χ3n) is 5.21. The van der Waals surface area contributed by atoms with Crippen molar-refractivity contribution in [3.8, 4) is 6.07 Å². The summed E-state index contributed by atoms with van der Waals surface area (Å²) in [6, 6.07) is 22.6. The van der Waals surface area contributed by atoms with Gasteiger partial charge in [0.1, 0.15) is 12.1 Å². The highest BCUT2D eigenvalue weighted by molar-refractivity contribution is 7.99. The zero-order valence-electron chi connectivity index (χ0n) is 16.4. The molecule has 148 valence electrons. The van der Waals surface area contributed by atoms with Gasteiger partial charge < -0.3 is 9.36 Å². The van der Waals surface area contributed by atoms with Crippen molar-refractivity contribution < 1.29 is 9.18 Å². The van der Waals surface area contributed by atoms with Crippen LogP contribution in [0.15, 0.2) is 76.5 Å². The summed E-state index contributed by atoms with van der Waals surface area (Å²) in [4.78, 5) is 13.3. The summed E-state index contributed by atoms with van der Waals surface area (Å²) in [5.74, 6) is -0.300. The Bertz CT molecular complexity index is 1270. The molecule has 4 aromatic rings. The first-order valence-electron chi connectivity index (χ1n) is 9.57. The van der Waals surface area contributed by atoms with Crippen molar-refractivity contribution in [2.24, 2.45) is 0 Å². The number of benzene rings is 3. The number of nitriles is 1. The van der Waals surface area contributed by atoms with Gasteiger partial charge in [0.15, 0.2) is 0 Å². The van der Waals surface area contributed by atoms with Crippen molar-refractivity contribution in [3.63, 3.8) is 0 Å². The molecule has 0 atom stereocenters. The third-order valence-corrected chi connectivity index (χ3v) is 6.32. The molecule has 0 N–H and O–H groups in total. The van der Waals surface area contributed by atoms with Gasteiger partial charge in [0.25, 0.3) is 0 Å². The number of carbonyl (C=O) groups is 1. The lowest BCUT2D eigenvalue weighted by Gasteiger charge is -2.11. The molecular formula is C25H19FN2OS. The summed E-state index contributed by atoms with van der Waals surface area (Å²) in [7, 11) is 0. The zero-order valence-corrected chi connectivity index (χ0v) is 17.2. The van der Waals surface area contributed by atoms with E-state index in [9.17, 15) is 14.4 Å². The molecule has 0 unspecified atom stereocenters. The molecule has 0 spiro atoms. The molecule has 0 amide bonds. The van der Waals surface area contributed by atoms with E-state index in [0.717, 1.165) is 43.8 Å². The molecule has 30 heavy (non-hydrogen) atoms. The summed E-state index contributed by atoms with van der Waals surface area (Å²) >= 11 is 1.61. The second-order valence-corrected chi connectivity index (χ2v) is 8.14. The normalized spacial score (nSPS) is 10.8. The van der Waals surface area contributed by atoms with Gasteiger partial charge in [0, 0.05) is 32.8 Å². The highest BCUT2D eigenvalue weighted by Gasteiger charge is 2.17. The Balaban J connectivity index is 1.82. The van der Waals surface area contributed by atoms with E-state index < -0.39 is 0 Å². The summed E-state index contributed by atoms with van der Waals surface area (Å²) in [5, 5.41) is 10.2. The smallest absolute Gasteiger partial charge is 0.139 e. The van der Waals surface area contributed by atoms with E-state index in [0.29, 0.717) is 12.0 Å². The fraction of sp³-hybridized carbons (Fsp3) is 0.120. The number of hydrogen-bond donors (Lipinski definition) is 0. The van der Waals surface area contributed by atoms with Gasteiger partial charge in [-0.2, -0.15) is 5.26 Å². The van der Waals surface area contributed by atoms with E-state index in [1.54, 1.807) is 17.8 Å². The molecule has 3 aromatic carbocycles. The second-order valence-electron chi connectivity index (χ2n) is 7.03. The summed E-state index contributed by atoms with van der Waals surface area (Å²) < 4.78 is 16.0. The summed E-state index contributed by atoms with van der Waals surface area (Å²) in [6.07, 6.45) is 1.44. The van der Waals surface area contributed by atoms with Crippen LogP contribution in [0.3, 0.4) is 0 Å². The van der Waals surface area contributed by atoms with Crippen LogP contribution < -0.4 is 0 Å². The van der Waals surface area contributed by atoms with Crippen molar-refractivity contribution in [3.05, 3.63) is 94.9 Å². The number of fused-ring (bicyclic) bond motifs is 1. The van der Waals surface area contributed by atoms with Crippen LogP contribution in [0.5, 0.6) is 0 Å². The molecule has 0 bridgehead atoms. The minimum absolute atomic E-state index is 0.229. The Hall–Kier alpha value is -3.36.